The molecule has 2 N–H and O–H groups in total. The molecule has 0 aliphatic rings. The van der Waals surface area contributed by atoms with Crippen molar-refractivity contribution < 1.29 is 28.7 Å². The van der Waals surface area contributed by atoms with Gasteiger partial charge in [0.25, 0.3) is 0 Å². The van der Waals surface area contributed by atoms with E-state index in [9.17, 15) is 19.2 Å². The predicted octanol–water partition coefficient (Wildman–Crippen LogP) is 2.48. The Labute approximate surface area is 189 Å². The van der Waals surface area contributed by atoms with Gasteiger partial charge in [-0.25, -0.2) is 4.79 Å². The average Bonchev–Trinajstić information content (AvgIpc) is 2.66. The Kier molecular flexibility index (Phi) is 10.2. The van der Waals surface area contributed by atoms with Gasteiger partial charge in [0.05, 0.1) is 13.0 Å². The Morgan fingerprint density at radius 2 is 1.81 bits per heavy atom. The highest BCUT2D eigenvalue weighted by atomic mass is 16.6. The number of nitrogens with one attached hydrogen (secondary N) is 2. The third-order valence-corrected chi connectivity index (χ3v) is 4.38. The molecule has 0 saturated carbocycles. The number of carbonyl (C=O) groups excluding carboxylic acids is 4. The summed E-state index contributed by atoms with van der Waals surface area (Å²) in [6.07, 6.45) is -0.702. The van der Waals surface area contributed by atoms with Gasteiger partial charge in [-0.15, -0.1) is 0 Å². The lowest BCUT2D eigenvalue weighted by molar-refractivity contribution is -0.143. The van der Waals surface area contributed by atoms with Gasteiger partial charge in [-0.1, -0.05) is 29.8 Å². The first-order valence-electron chi connectivity index (χ1n) is 10.6. The third kappa shape index (κ3) is 8.95. The number of esters is 1. The van der Waals surface area contributed by atoms with E-state index in [4.69, 9.17) is 9.47 Å². The van der Waals surface area contributed by atoms with Crippen molar-refractivity contribution in [1.29, 1.82) is 0 Å². The summed E-state index contributed by atoms with van der Waals surface area (Å²) in [4.78, 5) is 50.9. The van der Waals surface area contributed by atoms with Crippen molar-refractivity contribution in [2.45, 2.75) is 65.6 Å². The molecule has 9 nitrogen and oxygen atoms in total. The van der Waals surface area contributed by atoms with Crippen LogP contribution in [-0.4, -0.2) is 60.6 Å². The molecule has 0 spiro atoms. The second-order valence-electron chi connectivity index (χ2n) is 8.48. The van der Waals surface area contributed by atoms with Crippen LogP contribution < -0.4 is 10.6 Å². The van der Waals surface area contributed by atoms with Crippen LogP contribution >= 0.6 is 0 Å². The van der Waals surface area contributed by atoms with Crippen molar-refractivity contribution in [3.8, 4) is 0 Å². The predicted molar refractivity (Wildman–Crippen MR) is 120 cm³/mol. The molecule has 9 heteroatoms. The van der Waals surface area contributed by atoms with Gasteiger partial charge in [-0.2, -0.15) is 0 Å². The van der Waals surface area contributed by atoms with Gasteiger partial charge in [-0.05, 0) is 47.1 Å². The second-order valence-corrected chi connectivity index (χ2v) is 8.48. The third-order valence-electron chi connectivity index (χ3n) is 4.38. The zero-order chi connectivity index (χ0) is 24.5. The maximum atomic E-state index is 13.0. The van der Waals surface area contributed by atoms with Crippen LogP contribution in [0.1, 0.15) is 58.2 Å². The van der Waals surface area contributed by atoms with Crippen molar-refractivity contribution in [3.05, 3.63) is 35.4 Å². The van der Waals surface area contributed by atoms with E-state index in [1.165, 1.54) is 18.9 Å². The lowest BCUT2D eigenvalue weighted by atomic mass is 10.0. The Morgan fingerprint density at radius 1 is 1.16 bits per heavy atom. The van der Waals surface area contributed by atoms with Crippen LogP contribution in [0.2, 0.25) is 0 Å². The van der Waals surface area contributed by atoms with E-state index < -0.39 is 41.6 Å². The maximum Gasteiger partial charge on any atom is 0.408 e. The van der Waals surface area contributed by atoms with E-state index in [0.717, 1.165) is 5.56 Å². The van der Waals surface area contributed by atoms with Crippen LogP contribution in [0.5, 0.6) is 0 Å². The van der Waals surface area contributed by atoms with Crippen LogP contribution in [0, 0.1) is 6.92 Å². The number of nitrogens with zero attached hydrogens (tertiary/aromatic N) is 1. The van der Waals surface area contributed by atoms with Gasteiger partial charge >= 0.3 is 12.1 Å². The molecule has 0 radical (unpaired) electrons. The molecule has 3 amide bonds. The SMILES string of the molecule is CCOC(=O)CCNC(=O)C(c1cccc(C)c1)N(C)C(=O)C(C)NC(=O)OC(C)(C)C. The molecule has 178 valence electrons. The number of hydrogen-bond acceptors (Lipinski definition) is 6. The Morgan fingerprint density at radius 3 is 2.38 bits per heavy atom. The zero-order valence-electron chi connectivity index (χ0n) is 20.0. The van der Waals surface area contributed by atoms with Crippen molar-refractivity contribution in [2.24, 2.45) is 0 Å². The van der Waals surface area contributed by atoms with Crippen molar-refractivity contribution in [3.63, 3.8) is 0 Å². The monoisotopic (exact) mass is 449 g/mol. The Bertz CT molecular complexity index is 818. The molecule has 0 aliphatic carbocycles. The normalized spacial score (nSPS) is 12.8. The first-order chi connectivity index (χ1) is 14.9. The van der Waals surface area contributed by atoms with Gasteiger partial charge in [0.15, 0.2) is 0 Å². The molecule has 0 aliphatic heterocycles. The smallest absolute Gasteiger partial charge is 0.408 e. The first kappa shape index (κ1) is 26.9. The van der Waals surface area contributed by atoms with Crippen molar-refractivity contribution in [2.75, 3.05) is 20.2 Å². The highest BCUT2D eigenvalue weighted by Crippen LogP contribution is 2.22. The van der Waals surface area contributed by atoms with Crippen LogP contribution in [0.25, 0.3) is 0 Å². The molecule has 2 atom stereocenters. The molecule has 0 fully saturated rings. The number of alkyl carbamates (subject to hydrolysis) is 1. The summed E-state index contributed by atoms with van der Waals surface area (Å²) in [6, 6.07) is 5.36. The Balaban J connectivity index is 2.98. The fraction of sp³-hybridized carbons (Fsp3) is 0.565. The molecule has 1 aromatic carbocycles. The highest BCUT2D eigenvalue weighted by molar-refractivity contribution is 5.91. The topological polar surface area (TPSA) is 114 Å². The quantitative estimate of drug-likeness (QED) is 0.560. The fourth-order valence-corrected chi connectivity index (χ4v) is 2.99. The van der Waals surface area contributed by atoms with Crippen molar-refractivity contribution in [1.82, 2.24) is 15.5 Å². The lowest BCUT2D eigenvalue weighted by Crippen LogP contribution is -2.50. The summed E-state index contributed by atoms with van der Waals surface area (Å²) < 4.78 is 10.1. The van der Waals surface area contributed by atoms with Gasteiger partial charge in [0.1, 0.15) is 17.7 Å². The molecule has 0 heterocycles. The van der Waals surface area contributed by atoms with E-state index in [1.54, 1.807) is 39.8 Å². The van der Waals surface area contributed by atoms with E-state index in [0.29, 0.717) is 5.56 Å². The summed E-state index contributed by atoms with van der Waals surface area (Å²) in [5.41, 5.74) is 0.827. The lowest BCUT2D eigenvalue weighted by Gasteiger charge is -2.30. The molecular weight excluding hydrogens is 414 g/mol. The standard InChI is InChI=1S/C23H35N3O6/c1-8-31-18(27)12-13-24-20(28)19(17-11-9-10-15(2)14-17)26(7)21(29)16(3)25-22(30)32-23(4,5)6/h9-11,14,16,19H,8,12-13H2,1-7H3,(H,24,28)(H,25,30). The van der Waals surface area contributed by atoms with E-state index in [2.05, 4.69) is 10.6 Å². The minimum absolute atomic E-state index is 0.0222. The number of ether oxygens (including phenoxy) is 2. The number of likely N-dealkylation sites (N-methyl/N-ethyl adjacent to an activating group) is 1. The van der Waals surface area contributed by atoms with Gasteiger partial charge < -0.3 is 25.0 Å². The molecule has 32 heavy (non-hydrogen) atoms. The molecule has 0 aromatic heterocycles. The van der Waals surface area contributed by atoms with Crippen LogP contribution in [0.3, 0.4) is 0 Å². The van der Waals surface area contributed by atoms with Crippen LogP contribution in [-0.2, 0) is 23.9 Å². The number of amides is 3. The number of rotatable bonds is 9. The molecule has 2 unspecified atom stereocenters. The highest BCUT2D eigenvalue weighted by Gasteiger charge is 2.32. The fourth-order valence-electron chi connectivity index (χ4n) is 2.99. The molecule has 0 bridgehead atoms. The Hall–Kier alpha value is -3.10. The number of hydrogen-bond donors (Lipinski definition) is 2. The minimum atomic E-state index is -0.951. The summed E-state index contributed by atoms with van der Waals surface area (Å²) in [5, 5.41) is 5.19. The number of carbonyl (C=O) groups is 4. The first-order valence-corrected chi connectivity index (χ1v) is 10.6. The number of aryl methyl sites for hydroxylation is 1. The largest absolute Gasteiger partial charge is 0.466 e. The van der Waals surface area contributed by atoms with Crippen molar-refractivity contribution >= 4 is 23.9 Å². The molecule has 1 aromatic rings. The maximum absolute atomic E-state index is 13.0. The van der Waals surface area contributed by atoms with Gasteiger partial charge in [0, 0.05) is 13.6 Å². The van der Waals surface area contributed by atoms with Gasteiger partial charge in [-0.3, -0.25) is 14.4 Å². The van der Waals surface area contributed by atoms with E-state index in [1.807, 2.05) is 19.1 Å². The van der Waals surface area contributed by atoms with Crippen LogP contribution in [0.4, 0.5) is 4.79 Å². The van der Waals surface area contributed by atoms with E-state index in [-0.39, 0.29) is 19.6 Å². The summed E-state index contributed by atoms with van der Waals surface area (Å²) in [6.45, 7) is 10.6. The van der Waals surface area contributed by atoms with Crippen LogP contribution in [0.15, 0.2) is 24.3 Å². The van der Waals surface area contributed by atoms with Gasteiger partial charge in [0.2, 0.25) is 11.8 Å². The summed E-state index contributed by atoms with van der Waals surface area (Å²) in [7, 11) is 1.49. The minimum Gasteiger partial charge on any atom is -0.466 e. The molecule has 1 rings (SSSR count). The van der Waals surface area contributed by atoms with E-state index >= 15 is 0 Å². The summed E-state index contributed by atoms with van der Waals surface area (Å²) in [5.74, 6) is -1.33. The zero-order valence-corrected chi connectivity index (χ0v) is 20.0. The number of benzene rings is 1. The average molecular weight is 450 g/mol. The molecular formula is C23H35N3O6. The molecule has 0 saturated heterocycles. The summed E-state index contributed by atoms with van der Waals surface area (Å²) >= 11 is 0. The second kappa shape index (κ2) is 12.1.